The summed E-state index contributed by atoms with van der Waals surface area (Å²) in [5.41, 5.74) is -0.166. The summed E-state index contributed by atoms with van der Waals surface area (Å²) in [4.78, 5) is 13.3. The number of amides is 1. The van der Waals surface area contributed by atoms with Crippen LogP contribution in [-0.2, 0) is 4.79 Å². The first-order valence-corrected chi connectivity index (χ1v) is 4.58. The lowest BCUT2D eigenvalue weighted by Gasteiger charge is -2.35. The lowest BCUT2D eigenvalue weighted by atomic mass is 10.1. The van der Waals surface area contributed by atoms with E-state index in [4.69, 9.17) is 5.11 Å². The molecule has 0 aliphatic carbocycles. The quantitative estimate of drug-likeness (QED) is 0.615. The molecule has 0 bridgehead atoms. The smallest absolute Gasteiger partial charge is 0.234 e. The Morgan fingerprint density at radius 1 is 1.54 bits per heavy atom. The molecule has 1 saturated heterocycles. The van der Waals surface area contributed by atoms with Crippen molar-refractivity contribution in [2.45, 2.75) is 32.4 Å². The first kappa shape index (κ1) is 10.5. The largest absolute Gasteiger partial charge is 0.390 e. The van der Waals surface area contributed by atoms with E-state index in [-0.39, 0.29) is 17.6 Å². The molecule has 2 N–H and O–H groups in total. The Labute approximate surface area is 78.9 Å². The maximum Gasteiger partial charge on any atom is 0.234 e. The minimum absolute atomic E-state index is 0.0272. The van der Waals surface area contributed by atoms with Gasteiger partial charge < -0.3 is 10.4 Å². The fourth-order valence-corrected chi connectivity index (χ4v) is 1.33. The number of nitrogens with zero attached hydrogens (tertiary/aromatic N) is 1. The maximum atomic E-state index is 11.3. The third-order valence-electron chi connectivity index (χ3n) is 1.82. The number of rotatable bonds is 2. The summed E-state index contributed by atoms with van der Waals surface area (Å²) in [7, 11) is 0. The molecule has 0 aromatic rings. The molecule has 1 aliphatic rings. The molecule has 4 nitrogen and oxygen atoms in total. The van der Waals surface area contributed by atoms with Gasteiger partial charge in [-0.3, -0.25) is 9.69 Å². The standard InChI is InChI=1S/C9H18N2O2/c1-9(2,3)10-8(13)6-11-4-7(12)5-11/h7,12H,4-6H2,1-3H3,(H,10,13). The van der Waals surface area contributed by atoms with Gasteiger partial charge in [-0.1, -0.05) is 0 Å². The van der Waals surface area contributed by atoms with Crippen LogP contribution in [0.4, 0.5) is 0 Å². The molecule has 0 unspecified atom stereocenters. The molecular formula is C9H18N2O2. The van der Waals surface area contributed by atoms with Crippen LogP contribution in [0.2, 0.25) is 0 Å². The van der Waals surface area contributed by atoms with Crippen molar-refractivity contribution in [1.29, 1.82) is 0 Å². The van der Waals surface area contributed by atoms with Crippen LogP contribution in [0.5, 0.6) is 0 Å². The number of carbonyl (C=O) groups is 1. The van der Waals surface area contributed by atoms with Crippen molar-refractivity contribution in [3.63, 3.8) is 0 Å². The number of carbonyl (C=O) groups excluding carboxylic acids is 1. The summed E-state index contributed by atoms with van der Waals surface area (Å²) >= 11 is 0. The zero-order valence-electron chi connectivity index (χ0n) is 8.50. The molecule has 0 spiro atoms. The van der Waals surface area contributed by atoms with Gasteiger partial charge in [-0.2, -0.15) is 0 Å². The molecule has 1 aliphatic heterocycles. The molecule has 76 valence electrons. The highest BCUT2D eigenvalue weighted by molar-refractivity contribution is 5.78. The van der Waals surface area contributed by atoms with Gasteiger partial charge in [0.2, 0.25) is 5.91 Å². The molecule has 1 rings (SSSR count). The molecule has 4 heteroatoms. The van der Waals surface area contributed by atoms with Crippen LogP contribution in [0.15, 0.2) is 0 Å². The van der Waals surface area contributed by atoms with E-state index in [1.165, 1.54) is 0 Å². The van der Waals surface area contributed by atoms with Crippen molar-refractivity contribution in [3.8, 4) is 0 Å². The van der Waals surface area contributed by atoms with Gasteiger partial charge in [0.25, 0.3) is 0 Å². The Balaban J connectivity index is 2.19. The molecule has 0 aromatic carbocycles. The molecule has 0 radical (unpaired) electrons. The average molecular weight is 186 g/mol. The summed E-state index contributed by atoms with van der Waals surface area (Å²) in [5, 5.41) is 11.9. The van der Waals surface area contributed by atoms with Gasteiger partial charge in [-0.15, -0.1) is 0 Å². The normalized spacial score (nSPS) is 19.7. The Kier molecular flexibility index (Phi) is 2.93. The van der Waals surface area contributed by atoms with Gasteiger partial charge in [0.1, 0.15) is 0 Å². The second kappa shape index (κ2) is 3.64. The van der Waals surface area contributed by atoms with Crippen LogP contribution in [0.1, 0.15) is 20.8 Å². The van der Waals surface area contributed by atoms with Crippen LogP contribution in [0.25, 0.3) is 0 Å². The number of hydrogen-bond donors (Lipinski definition) is 2. The van der Waals surface area contributed by atoms with Gasteiger partial charge in [0, 0.05) is 18.6 Å². The molecule has 13 heavy (non-hydrogen) atoms. The highest BCUT2D eigenvalue weighted by atomic mass is 16.3. The Hall–Kier alpha value is -0.610. The van der Waals surface area contributed by atoms with Crippen LogP contribution in [0, 0.1) is 0 Å². The Bertz CT molecular complexity index is 192. The zero-order valence-corrected chi connectivity index (χ0v) is 8.50. The van der Waals surface area contributed by atoms with Crippen LogP contribution >= 0.6 is 0 Å². The number of nitrogens with one attached hydrogen (secondary N) is 1. The zero-order chi connectivity index (χ0) is 10.1. The molecule has 0 atom stereocenters. The van der Waals surface area contributed by atoms with E-state index in [9.17, 15) is 4.79 Å². The van der Waals surface area contributed by atoms with Gasteiger partial charge in [-0.25, -0.2) is 0 Å². The van der Waals surface area contributed by atoms with Gasteiger partial charge in [0.05, 0.1) is 12.6 Å². The van der Waals surface area contributed by atoms with Crippen molar-refractivity contribution in [2.75, 3.05) is 19.6 Å². The maximum absolute atomic E-state index is 11.3. The monoisotopic (exact) mass is 186 g/mol. The van der Waals surface area contributed by atoms with Crippen LogP contribution in [-0.4, -0.2) is 47.2 Å². The predicted molar refractivity (Wildman–Crippen MR) is 50.3 cm³/mol. The van der Waals surface area contributed by atoms with Gasteiger partial charge in [-0.05, 0) is 20.8 Å². The first-order chi connectivity index (χ1) is 5.87. The second-order valence-corrected chi connectivity index (χ2v) is 4.65. The van der Waals surface area contributed by atoms with Crippen molar-refractivity contribution in [1.82, 2.24) is 10.2 Å². The van der Waals surface area contributed by atoms with Crippen molar-refractivity contribution in [3.05, 3.63) is 0 Å². The lowest BCUT2D eigenvalue weighted by Crippen LogP contribution is -2.55. The second-order valence-electron chi connectivity index (χ2n) is 4.65. The van der Waals surface area contributed by atoms with E-state index in [2.05, 4.69) is 5.32 Å². The Morgan fingerprint density at radius 3 is 2.46 bits per heavy atom. The van der Waals surface area contributed by atoms with Crippen LogP contribution in [0.3, 0.4) is 0 Å². The van der Waals surface area contributed by atoms with E-state index < -0.39 is 0 Å². The van der Waals surface area contributed by atoms with E-state index in [0.717, 1.165) is 0 Å². The van der Waals surface area contributed by atoms with Gasteiger partial charge >= 0.3 is 0 Å². The summed E-state index contributed by atoms with van der Waals surface area (Å²) in [6.45, 7) is 7.50. The summed E-state index contributed by atoms with van der Waals surface area (Å²) < 4.78 is 0. The summed E-state index contributed by atoms with van der Waals surface area (Å²) in [5.74, 6) is 0.0272. The number of likely N-dealkylation sites (tertiary alicyclic amines) is 1. The fraction of sp³-hybridized carbons (Fsp3) is 0.889. The minimum Gasteiger partial charge on any atom is -0.390 e. The van der Waals surface area contributed by atoms with Crippen LogP contribution < -0.4 is 5.32 Å². The third kappa shape index (κ3) is 3.74. The van der Waals surface area contributed by atoms with Crippen molar-refractivity contribution >= 4 is 5.91 Å². The molecule has 1 amide bonds. The molecule has 0 saturated carbocycles. The highest BCUT2D eigenvalue weighted by Gasteiger charge is 2.26. The third-order valence-corrected chi connectivity index (χ3v) is 1.82. The van der Waals surface area contributed by atoms with E-state index in [1.807, 2.05) is 25.7 Å². The van der Waals surface area contributed by atoms with Gasteiger partial charge in [0.15, 0.2) is 0 Å². The van der Waals surface area contributed by atoms with E-state index in [0.29, 0.717) is 19.6 Å². The van der Waals surface area contributed by atoms with E-state index in [1.54, 1.807) is 0 Å². The predicted octanol–water partition coefficient (Wildman–Crippen LogP) is -0.422. The fourth-order valence-electron chi connectivity index (χ4n) is 1.33. The van der Waals surface area contributed by atoms with Crippen molar-refractivity contribution in [2.24, 2.45) is 0 Å². The molecule has 0 aromatic heterocycles. The SMILES string of the molecule is CC(C)(C)NC(=O)CN1CC(O)C1. The number of aliphatic hydroxyl groups excluding tert-OH is 1. The molecule has 1 fully saturated rings. The summed E-state index contributed by atoms with van der Waals surface area (Å²) in [6.07, 6.45) is -0.234. The number of β-amino-alcohol motifs (C(OH)–C–C–N with tert-alkyl or cyclic N) is 1. The number of aliphatic hydroxyl groups is 1. The number of hydrogen-bond acceptors (Lipinski definition) is 3. The first-order valence-electron chi connectivity index (χ1n) is 4.58. The molecular weight excluding hydrogens is 168 g/mol. The minimum atomic E-state index is -0.234. The topological polar surface area (TPSA) is 52.6 Å². The van der Waals surface area contributed by atoms with Crippen molar-refractivity contribution < 1.29 is 9.90 Å². The lowest BCUT2D eigenvalue weighted by molar-refractivity contribution is -0.126. The highest BCUT2D eigenvalue weighted by Crippen LogP contribution is 2.06. The van der Waals surface area contributed by atoms with E-state index >= 15 is 0 Å². The average Bonchev–Trinajstić information content (AvgIpc) is 1.79. The molecule has 1 heterocycles. The Morgan fingerprint density at radius 2 is 2.08 bits per heavy atom. The summed E-state index contributed by atoms with van der Waals surface area (Å²) in [6, 6.07) is 0.